The normalized spacial score (nSPS) is 10.0. The first kappa shape index (κ1) is 17.3. The molecule has 120 valence electrons. The largest absolute Gasteiger partial charge is 0.465 e. The molecule has 23 heavy (non-hydrogen) atoms. The zero-order chi connectivity index (χ0) is 16.8. The lowest BCUT2D eigenvalue weighted by Gasteiger charge is -2.11. The Morgan fingerprint density at radius 3 is 2.61 bits per heavy atom. The van der Waals surface area contributed by atoms with E-state index in [0.29, 0.717) is 5.56 Å². The number of rotatable bonds is 5. The number of aryl methyl sites for hydroxylation is 1. The topological polar surface area (TPSA) is 67.4 Å². The number of anilines is 2. The molecule has 2 N–H and O–H groups in total. The average Bonchev–Trinajstić information content (AvgIpc) is 2.53. The molecule has 0 fully saturated rings. The summed E-state index contributed by atoms with van der Waals surface area (Å²) in [6, 6.07) is 12.7. The van der Waals surface area contributed by atoms with Gasteiger partial charge in [0.25, 0.3) is 0 Å². The third-order valence-corrected chi connectivity index (χ3v) is 3.87. The van der Waals surface area contributed by atoms with Crippen molar-refractivity contribution in [2.24, 2.45) is 0 Å². The molecule has 0 spiro atoms. The molecule has 0 bridgehead atoms. The maximum Gasteiger partial charge on any atom is 0.337 e. The Hall–Kier alpha value is -2.09. The Labute approximate surface area is 148 Å². The number of halogens is 1. The van der Waals surface area contributed by atoms with E-state index in [1.165, 1.54) is 7.11 Å². The van der Waals surface area contributed by atoms with Gasteiger partial charge in [-0.3, -0.25) is 4.79 Å². The highest BCUT2D eigenvalue weighted by Gasteiger charge is 2.08. The number of carbonyl (C=O) groups is 2. The fourth-order valence-corrected chi connectivity index (χ4v) is 2.60. The molecular weight excluding hydrogens is 407 g/mol. The van der Waals surface area contributed by atoms with E-state index < -0.39 is 0 Å². The van der Waals surface area contributed by atoms with Crippen LogP contribution in [0.3, 0.4) is 0 Å². The van der Waals surface area contributed by atoms with E-state index in [9.17, 15) is 9.59 Å². The molecule has 0 radical (unpaired) electrons. The minimum Gasteiger partial charge on any atom is -0.465 e. The van der Waals surface area contributed by atoms with Crippen molar-refractivity contribution in [2.75, 3.05) is 24.3 Å². The van der Waals surface area contributed by atoms with Crippen LogP contribution in [0.25, 0.3) is 0 Å². The van der Waals surface area contributed by atoms with E-state index in [2.05, 4.69) is 38.0 Å². The second kappa shape index (κ2) is 7.96. The standard InChI is InChI=1S/C17H17IN2O3/c1-11-8-12(17(22)23-2)6-7-15(11)19-10-16(21)20-14-5-3-4-13(18)9-14/h3-9,19H,10H2,1-2H3,(H,20,21). The molecule has 0 aliphatic carbocycles. The molecule has 0 heterocycles. The summed E-state index contributed by atoms with van der Waals surface area (Å²) >= 11 is 2.19. The van der Waals surface area contributed by atoms with Crippen LogP contribution < -0.4 is 10.6 Å². The highest BCUT2D eigenvalue weighted by atomic mass is 127. The van der Waals surface area contributed by atoms with Gasteiger partial charge in [0, 0.05) is 14.9 Å². The lowest BCUT2D eigenvalue weighted by atomic mass is 10.1. The molecule has 0 aromatic heterocycles. The monoisotopic (exact) mass is 424 g/mol. The van der Waals surface area contributed by atoms with E-state index >= 15 is 0 Å². The Morgan fingerprint density at radius 2 is 1.96 bits per heavy atom. The number of carbonyl (C=O) groups excluding carboxylic acids is 2. The molecule has 2 rings (SSSR count). The summed E-state index contributed by atoms with van der Waals surface area (Å²) in [6.07, 6.45) is 0. The van der Waals surface area contributed by atoms with Gasteiger partial charge in [-0.25, -0.2) is 4.79 Å². The first-order valence-corrected chi connectivity index (χ1v) is 8.05. The maximum absolute atomic E-state index is 12.0. The van der Waals surface area contributed by atoms with Crippen LogP contribution in [-0.4, -0.2) is 25.5 Å². The minimum absolute atomic E-state index is 0.136. The minimum atomic E-state index is -0.379. The smallest absolute Gasteiger partial charge is 0.337 e. The van der Waals surface area contributed by atoms with Crippen molar-refractivity contribution >= 4 is 45.8 Å². The summed E-state index contributed by atoms with van der Waals surface area (Å²) in [4.78, 5) is 23.4. The van der Waals surface area contributed by atoms with Gasteiger partial charge in [0.2, 0.25) is 5.91 Å². The van der Waals surface area contributed by atoms with Gasteiger partial charge in [-0.15, -0.1) is 0 Å². The molecule has 0 atom stereocenters. The van der Waals surface area contributed by atoms with Gasteiger partial charge in [0.1, 0.15) is 0 Å². The molecule has 5 nitrogen and oxygen atoms in total. The number of esters is 1. The third-order valence-electron chi connectivity index (χ3n) is 3.20. The van der Waals surface area contributed by atoms with Crippen LogP contribution in [-0.2, 0) is 9.53 Å². The summed E-state index contributed by atoms with van der Waals surface area (Å²) in [5, 5.41) is 5.90. The molecule has 2 aromatic rings. The van der Waals surface area contributed by atoms with Crippen molar-refractivity contribution in [3.8, 4) is 0 Å². The Morgan fingerprint density at radius 1 is 1.17 bits per heavy atom. The molecule has 0 aliphatic rings. The zero-order valence-electron chi connectivity index (χ0n) is 12.9. The molecule has 0 unspecified atom stereocenters. The van der Waals surface area contributed by atoms with E-state index in [1.807, 2.05) is 31.2 Å². The van der Waals surface area contributed by atoms with Crippen LogP contribution in [0.1, 0.15) is 15.9 Å². The summed E-state index contributed by atoms with van der Waals surface area (Å²) in [5.74, 6) is -0.514. The van der Waals surface area contributed by atoms with Crippen LogP contribution in [0.5, 0.6) is 0 Å². The van der Waals surface area contributed by atoms with Crippen LogP contribution in [0.2, 0.25) is 0 Å². The van der Waals surface area contributed by atoms with Gasteiger partial charge in [0.15, 0.2) is 0 Å². The molecule has 0 aliphatic heterocycles. The number of amides is 1. The van der Waals surface area contributed by atoms with Crippen molar-refractivity contribution in [1.29, 1.82) is 0 Å². The van der Waals surface area contributed by atoms with E-state index in [-0.39, 0.29) is 18.4 Å². The van der Waals surface area contributed by atoms with Gasteiger partial charge < -0.3 is 15.4 Å². The van der Waals surface area contributed by atoms with Crippen molar-refractivity contribution in [3.63, 3.8) is 0 Å². The SMILES string of the molecule is COC(=O)c1ccc(NCC(=O)Nc2cccc(I)c2)c(C)c1. The number of methoxy groups -OCH3 is 1. The fourth-order valence-electron chi connectivity index (χ4n) is 2.05. The van der Waals surface area contributed by atoms with Crippen molar-refractivity contribution in [1.82, 2.24) is 0 Å². The Balaban J connectivity index is 1.95. The summed E-state index contributed by atoms with van der Waals surface area (Å²) in [5.41, 5.74) is 2.92. The van der Waals surface area contributed by atoms with E-state index in [0.717, 1.165) is 20.5 Å². The predicted molar refractivity (Wildman–Crippen MR) is 98.8 cm³/mol. The van der Waals surface area contributed by atoms with Gasteiger partial charge in [-0.2, -0.15) is 0 Å². The van der Waals surface area contributed by atoms with Crippen molar-refractivity contribution in [3.05, 3.63) is 57.2 Å². The lowest BCUT2D eigenvalue weighted by molar-refractivity contribution is -0.114. The number of hydrogen-bond donors (Lipinski definition) is 2. The van der Waals surface area contributed by atoms with Crippen LogP contribution >= 0.6 is 22.6 Å². The lowest BCUT2D eigenvalue weighted by Crippen LogP contribution is -2.22. The zero-order valence-corrected chi connectivity index (χ0v) is 15.0. The number of ether oxygens (including phenoxy) is 1. The highest BCUT2D eigenvalue weighted by Crippen LogP contribution is 2.17. The van der Waals surface area contributed by atoms with E-state index in [4.69, 9.17) is 0 Å². The van der Waals surface area contributed by atoms with Crippen molar-refractivity contribution in [2.45, 2.75) is 6.92 Å². The predicted octanol–water partition coefficient (Wildman–Crippen LogP) is 3.44. The molecule has 6 heteroatoms. The number of benzene rings is 2. The highest BCUT2D eigenvalue weighted by molar-refractivity contribution is 14.1. The van der Waals surface area contributed by atoms with Crippen LogP contribution in [0.4, 0.5) is 11.4 Å². The molecule has 0 saturated carbocycles. The quantitative estimate of drug-likeness (QED) is 0.570. The molecular formula is C17H17IN2O3. The van der Waals surface area contributed by atoms with Gasteiger partial charge in [-0.05, 0) is 71.5 Å². The molecule has 1 amide bonds. The summed E-state index contributed by atoms with van der Waals surface area (Å²) < 4.78 is 5.74. The first-order chi connectivity index (χ1) is 11.0. The third kappa shape index (κ3) is 4.95. The number of hydrogen-bond acceptors (Lipinski definition) is 4. The molecule has 2 aromatic carbocycles. The first-order valence-electron chi connectivity index (χ1n) is 6.98. The van der Waals surface area contributed by atoms with Crippen molar-refractivity contribution < 1.29 is 14.3 Å². The van der Waals surface area contributed by atoms with Gasteiger partial charge in [-0.1, -0.05) is 6.07 Å². The Kier molecular flexibility index (Phi) is 5.97. The number of nitrogens with one attached hydrogen (secondary N) is 2. The van der Waals surface area contributed by atoms with Crippen LogP contribution in [0, 0.1) is 10.5 Å². The van der Waals surface area contributed by atoms with Gasteiger partial charge >= 0.3 is 5.97 Å². The Bertz CT molecular complexity index is 732. The van der Waals surface area contributed by atoms with Gasteiger partial charge in [0.05, 0.1) is 19.2 Å². The second-order valence-electron chi connectivity index (χ2n) is 4.93. The summed E-state index contributed by atoms with van der Waals surface area (Å²) in [7, 11) is 1.35. The maximum atomic E-state index is 12.0. The second-order valence-corrected chi connectivity index (χ2v) is 6.18. The fraction of sp³-hybridized carbons (Fsp3) is 0.176. The van der Waals surface area contributed by atoms with Crippen LogP contribution in [0.15, 0.2) is 42.5 Å². The molecule has 0 saturated heterocycles. The van der Waals surface area contributed by atoms with E-state index in [1.54, 1.807) is 18.2 Å². The average molecular weight is 424 g/mol. The summed E-state index contributed by atoms with van der Waals surface area (Å²) in [6.45, 7) is 2.01.